The van der Waals surface area contributed by atoms with Crippen LogP contribution in [0.4, 0.5) is 0 Å². The van der Waals surface area contributed by atoms with Crippen LogP contribution >= 0.6 is 11.6 Å². The molecule has 0 saturated heterocycles. The van der Waals surface area contributed by atoms with Crippen LogP contribution in [0.25, 0.3) is 0 Å². The molecule has 0 amide bonds. The van der Waals surface area contributed by atoms with Gasteiger partial charge < -0.3 is 5.32 Å². The van der Waals surface area contributed by atoms with Crippen molar-refractivity contribution in [3.8, 4) is 0 Å². The van der Waals surface area contributed by atoms with Crippen molar-refractivity contribution >= 4 is 11.6 Å². The molecule has 1 nitrogen and oxygen atoms in total. The highest BCUT2D eigenvalue weighted by Crippen LogP contribution is 2.04. The summed E-state index contributed by atoms with van der Waals surface area (Å²) in [6.45, 7) is 6.64. The maximum atomic E-state index is 5.86. The van der Waals surface area contributed by atoms with Gasteiger partial charge in [-0.3, -0.25) is 0 Å². The molecule has 0 radical (unpaired) electrons. The second-order valence-corrected chi connectivity index (χ2v) is 5.19. The molecule has 0 aromatic carbocycles. The van der Waals surface area contributed by atoms with Gasteiger partial charge in [-0.1, -0.05) is 39.0 Å². The highest BCUT2D eigenvalue weighted by molar-refractivity contribution is 6.20. The van der Waals surface area contributed by atoms with Crippen LogP contribution in [0.3, 0.4) is 0 Å². The molecule has 1 N–H and O–H groups in total. The van der Waals surface area contributed by atoms with Crippen molar-refractivity contribution in [2.45, 2.75) is 70.6 Å². The van der Waals surface area contributed by atoms with Gasteiger partial charge in [-0.05, 0) is 39.3 Å². The van der Waals surface area contributed by atoms with Crippen molar-refractivity contribution in [3.05, 3.63) is 0 Å². The van der Waals surface area contributed by atoms with E-state index in [1.54, 1.807) is 0 Å². The lowest BCUT2D eigenvalue weighted by atomic mass is 10.1. The summed E-state index contributed by atoms with van der Waals surface area (Å²) in [5, 5.41) is 3.81. The molecule has 0 saturated carbocycles. The zero-order valence-corrected chi connectivity index (χ0v) is 11.3. The Kier molecular flexibility index (Phi) is 12.5. The summed E-state index contributed by atoms with van der Waals surface area (Å²) in [7, 11) is 0. The minimum atomic E-state index is 0.334. The van der Waals surface area contributed by atoms with Crippen molar-refractivity contribution < 1.29 is 0 Å². The summed E-state index contributed by atoms with van der Waals surface area (Å²) in [6.07, 6.45) is 10.6. The Morgan fingerprint density at radius 3 is 2.20 bits per heavy atom. The van der Waals surface area contributed by atoms with Gasteiger partial charge in [0.05, 0.1) is 0 Å². The third-order valence-corrected chi connectivity index (χ3v) is 2.88. The summed E-state index contributed by atoms with van der Waals surface area (Å²) in [5.74, 6) is 0. The third kappa shape index (κ3) is 14.2. The van der Waals surface area contributed by atoms with Gasteiger partial charge in [-0.2, -0.15) is 0 Å². The van der Waals surface area contributed by atoms with E-state index in [0.717, 1.165) is 13.0 Å². The summed E-state index contributed by atoms with van der Waals surface area (Å²) < 4.78 is 0. The van der Waals surface area contributed by atoms with E-state index >= 15 is 0 Å². The number of hydrogen-bond donors (Lipinski definition) is 1. The van der Waals surface area contributed by atoms with Gasteiger partial charge in [0.1, 0.15) is 0 Å². The molecule has 0 aromatic rings. The minimum absolute atomic E-state index is 0.334. The third-order valence-electron chi connectivity index (χ3n) is 2.66. The average molecular weight is 234 g/mol. The first-order chi connectivity index (χ1) is 7.27. The molecular formula is C13H28ClN. The van der Waals surface area contributed by atoms with Crippen molar-refractivity contribution in [2.75, 3.05) is 13.1 Å². The van der Waals surface area contributed by atoms with Crippen LogP contribution < -0.4 is 5.32 Å². The standard InChI is InChI=1S/C13H28ClN/c1-3-4-5-6-7-8-11-15-12-9-10-13(2)14/h13,15H,3-12H2,1-2H3. The van der Waals surface area contributed by atoms with E-state index in [0.29, 0.717) is 5.38 Å². The van der Waals surface area contributed by atoms with Gasteiger partial charge in [0.25, 0.3) is 0 Å². The van der Waals surface area contributed by atoms with Crippen molar-refractivity contribution in [3.63, 3.8) is 0 Å². The lowest BCUT2D eigenvalue weighted by Crippen LogP contribution is -2.17. The van der Waals surface area contributed by atoms with Gasteiger partial charge >= 0.3 is 0 Å². The maximum absolute atomic E-state index is 5.86. The first-order valence-corrected chi connectivity index (χ1v) is 7.05. The summed E-state index contributed by atoms with van der Waals surface area (Å²) in [4.78, 5) is 0. The normalized spacial score (nSPS) is 13.0. The zero-order valence-electron chi connectivity index (χ0n) is 10.5. The number of alkyl halides is 1. The number of halogens is 1. The Bertz CT molecular complexity index is 115. The van der Waals surface area contributed by atoms with E-state index in [9.17, 15) is 0 Å². The van der Waals surface area contributed by atoms with Crippen LogP contribution in [0.1, 0.15) is 65.2 Å². The number of rotatable bonds is 11. The Balaban J connectivity index is 2.87. The van der Waals surface area contributed by atoms with Crippen LogP contribution in [-0.2, 0) is 0 Å². The van der Waals surface area contributed by atoms with Crippen molar-refractivity contribution in [2.24, 2.45) is 0 Å². The van der Waals surface area contributed by atoms with Gasteiger partial charge in [0.15, 0.2) is 0 Å². The Labute approximate surface area is 101 Å². The summed E-state index contributed by atoms with van der Waals surface area (Å²) >= 11 is 5.86. The SMILES string of the molecule is CCCCCCCCNCCCC(C)Cl. The van der Waals surface area contributed by atoms with Gasteiger partial charge in [0, 0.05) is 5.38 Å². The lowest BCUT2D eigenvalue weighted by molar-refractivity contribution is 0.558. The molecule has 0 fully saturated rings. The molecular weight excluding hydrogens is 206 g/mol. The predicted octanol–water partition coefficient (Wildman–Crippen LogP) is 4.34. The Morgan fingerprint density at radius 1 is 0.933 bits per heavy atom. The first kappa shape index (κ1) is 15.2. The van der Waals surface area contributed by atoms with Crippen molar-refractivity contribution in [1.29, 1.82) is 0 Å². The molecule has 0 aliphatic rings. The average Bonchev–Trinajstić information content (AvgIpc) is 2.20. The number of hydrogen-bond acceptors (Lipinski definition) is 1. The fourth-order valence-corrected chi connectivity index (χ4v) is 1.82. The second kappa shape index (κ2) is 12.3. The first-order valence-electron chi connectivity index (χ1n) is 6.62. The molecule has 0 heterocycles. The Morgan fingerprint density at radius 2 is 1.53 bits per heavy atom. The zero-order chi connectivity index (χ0) is 11.4. The fraction of sp³-hybridized carbons (Fsp3) is 1.00. The van der Waals surface area contributed by atoms with E-state index in [4.69, 9.17) is 11.6 Å². The van der Waals surface area contributed by atoms with Gasteiger partial charge in [-0.25, -0.2) is 0 Å². The highest BCUT2D eigenvalue weighted by Gasteiger charge is 1.95. The molecule has 0 bridgehead atoms. The molecule has 92 valence electrons. The predicted molar refractivity (Wildman–Crippen MR) is 70.8 cm³/mol. The number of unbranched alkanes of at least 4 members (excludes halogenated alkanes) is 5. The van der Waals surface area contributed by atoms with E-state index in [2.05, 4.69) is 19.2 Å². The van der Waals surface area contributed by atoms with Crippen LogP contribution in [0.15, 0.2) is 0 Å². The molecule has 0 aliphatic heterocycles. The van der Waals surface area contributed by atoms with Crippen LogP contribution in [-0.4, -0.2) is 18.5 Å². The van der Waals surface area contributed by atoms with E-state index in [1.165, 1.54) is 51.5 Å². The molecule has 0 rings (SSSR count). The quantitative estimate of drug-likeness (QED) is 0.414. The van der Waals surface area contributed by atoms with Gasteiger partial charge in [-0.15, -0.1) is 11.6 Å². The van der Waals surface area contributed by atoms with Crippen LogP contribution in [0.2, 0.25) is 0 Å². The smallest absolute Gasteiger partial charge is 0.0308 e. The van der Waals surface area contributed by atoms with Crippen LogP contribution in [0.5, 0.6) is 0 Å². The molecule has 0 aliphatic carbocycles. The Hall–Kier alpha value is 0.250. The second-order valence-electron chi connectivity index (χ2n) is 4.44. The maximum Gasteiger partial charge on any atom is 0.0308 e. The highest BCUT2D eigenvalue weighted by atomic mass is 35.5. The molecule has 1 atom stereocenters. The largest absolute Gasteiger partial charge is 0.317 e. The lowest BCUT2D eigenvalue weighted by Gasteiger charge is -2.05. The summed E-state index contributed by atoms with van der Waals surface area (Å²) in [5.41, 5.74) is 0. The van der Waals surface area contributed by atoms with E-state index in [-0.39, 0.29) is 0 Å². The van der Waals surface area contributed by atoms with E-state index in [1.807, 2.05) is 0 Å². The molecule has 1 unspecified atom stereocenters. The molecule has 0 spiro atoms. The fourth-order valence-electron chi connectivity index (χ4n) is 1.66. The summed E-state index contributed by atoms with van der Waals surface area (Å²) in [6, 6.07) is 0. The van der Waals surface area contributed by atoms with E-state index < -0.39 is 0 Å². The molecule has 0 aromatic heterocycles. The molecule has 2 heteroatoms. The molecule has 15 heavy (non-hydrogen) atoms. The van der Waals surface area contributed by atoms with Crippen molar-refractivity contribution in [1.82, 2.24) is 5.32 Å². The topological polar surface area (TPSA) is 12.0 Å². The monoisotopic (exact) mass is 233 g/mol. The number of nitrogens with one attached hydrogen (secondary N) is 1. The van der Waals surface area contributed by atoms with Crippen LogP contribution in [0, 0.1) is 0 Å². The minimum Gasteiger partial charge on any atom is -0.317 e. The van der Waals surface area contributed by atoms with Gasteiger partial charge in [0.2, 0.25) is 0 Å².